The van der Waals surface area contributed by atoms with Crippen LogP contribution in [0.3, 0.4) is 0 Å². The predicted molar refractivity (Wildman–Crippen MR) is 159 cm³/mol. The second kappa shape index (κ2) is 10.2. The summed E-state index contributed by atoms with van der Waals surface area (Å²) in [6.45, 7) is 6.73. The Morgan fingerprint density at radius 1 is 1.05 bits per heavy atom. The van der Waals surface area contributed by atoms with Crippen molar-refractivity contribution in [1.82, 2.24) is 29.5 Å². The zero-order chi connectivity index (χ0) is 31.4. The molecule has 13 heteroatoms. The molecule has 224 valence electrons. The van der Waals surface area contributed by atoms with Gasteiger partial charge in [0.15, 0.2) is 5.54 Å². The van der Waals surface area contributed by atoms with Gasteiger partial charge in [-0.15, -0.1) is 5.10 Å². The van der Waals surface area contributed by atoms with E-state index in [1.807, 2.05) is 23.9 Å². The van der Waals surface area contributed by atoms with Crippen LogP contribution in [-0.2, 0) is 12.6 Å². The average Bonchev–Trinajstić information content (AvgIpc) is 3.52. The Balaban J connectivity index is 1.51. The van der Waals surface area contributed by atoms with Crippen LogP contribution in [0.2, 0.25) is 0 Å². The lowest BCUT2D eigenvalue weighted by molar-refractivity contribution is -0.182. The fourth-order valence-corrected chi connectivity index (χ4v) is 5.39. The smallest absolute Gasteiger partial charge is 0.383 e. The van der Waals surface area contributed by atoms with Crippen LogP contribution in [0.5, 0.6) is 0 Å². The van der Waals surface area contributed by atoms with E-state index in [9.17, 15) is 23.7 Å². The van der Waals surface area contributed by atoms with Gasteiger partial charge in [-0.2, -0.15) is 23.7 Å². The standard InChI is InChI=1S/C31H29F3N10/c1-29(2,3)17-39-26-19(14-36)15-38-25-18(13-35)11-20(12-23(25)26)40-27(21-5-9-37-28-22(21)6-10-43(28)4)24-16-44(42-41-24)30(7-8-30)31(32,33)34/h5-6,9-12,15-16,27,40H,7-8,17H2,1-4H3,(H,38,39). The highest BCUT2D eigenvalue weighted by Gasteiger charge is 2.66. The molecule has 2 N–H and O–H groups in total. The van der Waals surface area contributed by atoms with E-state index < -0.39 is 17.8 Å². The molecule has 0 saturated heterocycles. The van der Waals surface area contributed by atoms with Gasteiger partial charge in [0.2, 0.25) is 0 Å². The van der Waals surface area contributed by atoms with Crippen molar-refractivity contribution in [3.63, 3.8) is 0 Å². The molecule has 1 aromatic carbocycles. The molecule has 0 radical (unpaired) electrons. The minimum Gasteiger partial charge on any atom is -0.383 e. The van der Waals surface area contributed by atoms with Crippen LogP contribution in [0.25, 0.3) is 21.9 Å². The van der Waals surface area contributed by atoms with E-state index in [0.717, 1.165) is 10.1 Å². The first-order valence-electron chi connectivity index (χ1n) is 14.0. The molecule has 10 nitrogen and oxygen atoms in total. The minimum atomic E-state index is -4.47. The van der Waals surface area contributed by atoms with Crippen LogP contribution in [0.4, 0.5) is 24.5 Å². The third kappa shape index (κ3) is 4.94. The molecule has 1 unspecified atom stereocenters. The van der Waals surface area contributed by atoms with Crippen LogP contribution < -0.4 is 10.6 Å². The van der Waals surface area contributed by atoms with Gasteiger partial charge in [0, 0.05) is 48.6 Å². The van der Waals surface area contributed by atoms with Gasteiger partial charge in [0.1, 0.15) is 23.5 Å². The molecule has 1 saturated carbocycles. The molecule has 1 aliphatic carbocycles. The van der Waals surface area contributed by atoms with Gasteiger partial charge in [-0.25, -0.2) is 9.67 Å². The maximum atomic E-state index is 14.0. The quantitative estimate of drug-likeness (QED) is 0.227. The highest BCUT2D eigenvalue weighted by Crippen LogP contribution is 2.55. The highest BCUT2D eigenvalue weighted by molar-refractivity contribution is 5.99. The Bertz CT molecular complexity index is 1980. The normalized spacial score (nSPS) is 15.1. The Kier molecular flexibility index (Phi) is 6.72. The molecule has 4 heterocycles. The Labute approximate surface area is 251 Å². The van der Waals surface area contributed by atoms with E-state index in [1.165, 1.54) is 12.4 Å². The number of aromatic nitrogens is 6. The van der Waals surface area contributed by atoms with Gasteiger partial charge in [-0.3, -0.25) is 4.98 Å². The number of rotatable bonds is 7. The monoisotopic (exact) mass is 598 g/mol. The molecule has 0 amide bonds. The zero-order valence-electron chi connectivity index (χ0n) is 24.5. The first kappa shape index (κ1) is 28.9. The lowest BCUT2D eigenvalue weighted by Gasteiger charge is -2.23. The molecule has 0 aliphatic heterocycles. The highest BCUT2D eigenvalue weighted by atomic mass is 19.4. The summed E-state index contributed by atoms with van der Waals surface area (Å²) in [5.41, 5.74) is 1.55. The van der Waals surface area contributed by atoms with E-state index in [-0.39, 0.29) is 29.5 Å². The maximum absolute atomic E-state index is 14.0. The molecule has 0 spiro atoms. The zero-order valence-corrected chi connectivity index (χ0v) is 24.5. The van der Waals surface area contributed by atoms with Crippen LogP contribution in [0, 0.1) is 28.1 Å². The summed E-state index contributed by atoms with van der Waals surface area (Å²) >= 11 is 0. The molecule has 5 aromatic rings. The van der Waals surface area contributed by atoms with Crippen molar-refractivity contribution in [3.05, 3.63) is 71.4 Å². The number of hydrogen-bond acceptors (Lipinski definition) is 8. The van der Waals surface area contributed by atoms with E-state index in [0.29, 0.717) is 45.6 Å². The summed E-state index contributed by atoms with van der Waals surface area (Å²) in [6.07, 6.45) is 1.67. The predicted octanol–water partition coefficient (Wildman–Crippen LogP) is 6.17. The molecule has 1 fully saturated rings. The molecule has 4 aromatic heterocycles. The lowest BCUT2D eigenvalue weighted by atomic mass is 9.96. The fourth-order valence-electron chi connectivity index (χ4n) is 5.39. The second-order valence-corrected chi connectivity index (χ2v) is 12.4. The molecular weight excluding hydrogens is 569 g/mol. The van der Waals surface area contributed by atoms with Crippen molar-refractivity contribution >= 4 is 33.3 Å². The second-order valence-electron chi connectivity index (χ2n) is 12.4. The molecular formula is C31H29F3N10. The number of benzene rings is 1. The first-order chi connectivity index (χ1) is 20.8. The number of hydrogen-bond donors (Lipinski definition) is 2. The lowest BCUT2D eigenvalue weighted by Crippen LogP contribution is -2.35. The van der Waals surface area contributed by atoms with Crippen LogP contribution in [0.15, 0.2) is 49.1 Å². The third-order valence-corrected chi connectivity index (χ3v) is 7.93. The SMILES string of the molecule is Cn1ccc2c(C(Nc3cc(C#N)c4ncc(C#N)c(NCC(C)(C)C)c4c3)c3cn(C4(C(F)(F)F)CC4)nn3)ccnc21. The molecule has 6 rings (SSSR count). The summed E-state index contributed by atoms with van der Waals surface area (Å²) in [5.74, 6) is 0. The number of nitrogens with zero attached hydrogens (tertiary/aromatic N) is 8. The van der Waals surface area contributed by atoms with Gasteiger partial charge in [-0.1, -0.05) is 26.0 Å². The topological polar surface area (TPSA) is 133 Å². The molecule has 0 bridgehead atoms. The van der Waals surface area contributed by atoms with E-state index in [1.54, 1.807) is 24.4 Å². The Morgan fingerprint density at radius 2 is 1.80 bits per heavy atom. The number of nitriles is 2. The van der Waals surface area contributed by atoms with Gasteiger partial charge in [-0.05, 0) is 48.1 Å². The van der Waals surface area contributed by atoms with Gasteiger partial charge < -0.3 is 15.2 Å². The third-order valence-electron chi connectivity index (χ3n) is 7.93. The fraction of sp³-hybridized carbons (Fsp3) is 0.355. The largest absolute Gasteiger partial charge is 0.413 e. The van der Waals surface area contributed by atoms with E-state index in [2.05, 4.69) is 63.8 Å². The summed E-state index contributed by atoms with van der Waals surface area (Å²) in [6, 6.07) is 10.7. The number of aryl methyl sites for hydroxylation is 1. The van der Waals surface area contributed by atoms with E-state index >= 15 is 0 Å². The summed E-state index contributed by atoms with van der Waals surface area (Å²) in [7, 11) is 1.85. The number of anilines is 2. The van der Waals surface area contributed by atoms with Gasteiger partial charge >= 0.3 is 6.18 Å². The Hall–Kier alpha value is -5.17. The minimum absolute atomic E-state index is 0.0651. The van der Waals surface area contributed by atoms with Gasteiger partial charge in [0.25, 0.3) is 0 Å². The summed E-state index contributed by atoms with van der Waals surface area (Å²) in [4.78, 5) is 8.88. The van der Waals surface area contributed by atoms with Crippen molar-refractivity contribution in [2.45, 2.75) is 51.4 Å². The number of nitrogens with one attached hydrogen (secondary N) is 2. The molecule has 1 atom stereocenters. The van der Waals surface area contributed by atoms with Crippen molar-refractivity contribution in [3.8, 4) is 12.1 Å². The Morgan fingerprint density at radius 3 is 2.45 bits per heavy atom. The number of alkyl halides is 3. The van der Waals surface area contributed by atoms with Crippen molar-refractivity contribution in [2.24, 2.45) is 12.5 Å². The van der Waals surface area contributed by atoms with Gasteiger partial charge in [0.05, 0.1) is 34.6 Å². The van der Waals surface area contributed by atoms with Crippen LogP contribution in [-0.4, -0.2) is 42.2 Å². The first-order valence-corrected chi connectivity index (χ1v) is 14.0. The average molecular weight is 599 g/mol. The maximum Gasteiger partial charge on any atom is 0.413 e. The van der Waals surface area contributed by atoms with Crippen molar-refractivity contribution in [2.75, 3.05) is 17.2 Å². The van der Waals surface area contributed by atoms with Crippen LogP contribution in [0.1, 0.15) is 62.0 Å². The number of pyridine rings is 2. The van der Waals surface area contributed by atoms with Crippen molar-refractivity contribution in [1.29, 1.82) is 10.5 Å². The van der Waals surface area contributed by atoms with E-state index in [4.69, 9.17) is 0 Å². The van der Waals surface area contributed by atoms with Crippen molar-refractivity contribution < 1.29 is 13.2 Å². The summed E-state index contributed by atoms with van der Waals surface area (Å²) < 4.78 is 44.6. The number of halogens is 3. The van der Waals surface area contributed by atoms with Crippen LogP contribution >= 0.6 is 0 Å². The number of fused-ring (bicyclic) bond motifs is 2. The molecule has 44 heavy (non-hydrogen) atoms. The molecule has 1 aliphatic rings. The summed E-state index contributed by atoms with van der Waals surface area (Å²) in [5, 5.41) is 36.2.